The lowest BCUT2D eigenvalue weighted by Crippen LogP contribution is -2.37. The molecule has 0 bridgehead atoms. The minimum Gasteiger partial charge on any atom is -0.497 e. The van der Waals surface area contributed by atoms with E-state index in [4.69, 9.17) is 14.2 Å². The molecule has 0 aliphatic heterocycles. The van der Waals surface area contributed by atoms with Gasteiger partial charge < -0.3 is 25.3 Å². The summed E-state index contributed by atoms with van der Waals surface area (Å²) in [6, 6.07) is 3.86. The summed E-state index contributed by atoms with van der Waals surface area (Å²) in [5, 5.41) is 4.12. The molecule has 0 aliphatic rings. The molecule has 0 unspecified atom stereocenters. The second-order valence-electron chi connectivity index (χ2n) is 6.71. The number of hydrogen-bond donors (Lipinski definition) is 3. The van der Waals surface area contributed by atoms with E-state index < -0.39 is 47.8 Å². The zero-order valence-corrected chi connectivity index (χ0v) is 19.0. The van der Waals surface area contributed by atoms with E-state index in [2.05, 4.69) is 11.1 Å². The van der Waals surface area contributed by atoms with Crippen molar-refractivity contribution in [3.8, 4) is 17.2 Å². The van der Waals surface area contributed by atoms with E-state index in [1.54, 1.807) is 0 Å². The molecule has 4 amide bonds. The van der Waals surface area contributed by atoms with Crippen LogP contribution in [-0.2, 0) is 21.9 Å². The highest BCUT2D eigenvalue weighted by Crippen LogP contribution is 2.38. The Morgan fingerprint density at radius 1 is 0.861 bits per heavy atom. The molecule has 0 radical (unpaired) electrons. The molecule has 2 aromatic rings. The van der Waals surface area contributed by atoms with E-state index in [1.807, 2.05) is 5.32 Å². The Hall–Kier alpha value is -4.17. The van der Waals surface area contributed by atoms with E-state index in [0.717, 1.165) is 0 Å². The second kappa shape index (κ2) is 12.5. The topological polar surface area (TPSA) is 129 Å². The molecule has 2 rings (SSSR count). The first kappa shape index (κ1) is 29.9. The molecule has 36 heavy (non-hydrogen) atoms. The van der Waals surface area contributed by atoms with E-state index in [1.165, 1.54) is 39.3 Å². The van der Waals surface area contributed by atoms with E-state index in [9.17, 15) is 40.7 Å². The lowest BCUT2D eigenvalue weighted by Gasteiger charge is -2.15. The van der Waals surface area contributed by atoms with Crippen molar-refractivity contribution in [3.05, 3.63) is 47.5 Å². The molecular formula is C21H21F6N3O6. The molecule has 0 aliphatic carbocycles. The van der Waals surface area contributed by atoms with Gasteiger partial charge in [0.2, 0.25) is 5.91 Å². The average molecular weight is 525 g/mol. The SMILES string of the molecule is CC(N)=O.COc1ccc(NC(=O)NC(=O)COc2cc(C(F)(F)F)cc(C(F)(F)F)c2)c(OC)c1. The van der Waals surface area contributed by atoms with Crippen molar-refractivity contribution < 1.29 is 54.9 Å². The number of imide groups is 1. The van der Waals surface area contributed by atoms with Gasteiger partial charge in [0.15, 0.2) is 6.61 Å². The Kier molecular flexibility index (Phi) is 10.4. The molecular weight excluding hydrogens is 504 g/mol. The monoisotopic (exact) mass is 525 g/mol. The summed E-state index contributed by atoms with van der Waals surface area (Å²) in [6.07, 6.45) is -10.1. The Morgan fingerprint density at radius 2 is 1.39 bits per heavy atom. The van der Waals surface area contributed by atoms with Crippen LogP contribution in [0.25, 0.3) is 0 Å². The van der Waals surface area contributed by atoms with Crippen LogP contribution in [0.15, 0.2) is 36.4 Å². The fourth-order valence-corrected chi connectivity index (χ4v) is 2.38. The molecule has 0 atom stereocenters. The van der Waals surface area contributed by atoms with Crippen molar-refractivity contribution >= 4 is 23.5 Å². The van der Waals surface area contributed by atoms with Crippen molar-refractivity contribution in [3.63, 3.8) is 0 Å². The predicted molar refractivity (Wildman–Crippen MR) is 114 cm³/mol. The maximum absolute atomic E-state index is 12.9. The number of halogens is 6. The Labute approximate surface area is 200 Å². The van der Waals surface area contributed by atoms with Gasteiger partial charge in [-0.2, -0.15) is 26.3 Å². The summed E-state index contributed by atoms with van der Waals surface area (Å²) in [5.41, 5.74) is 1.42. The number of anilines is 1. The van der Waals surface area contributed by atoms with Gasteiger partial charge in [-0.3, -0.25) is 14.9 Å². The number of primary amides is 1. The van der Waals surface area contributed by atoms with Crippen LogP contribution in [0.5, 0.6) is 17.2 Å². The smallest absolute Gasteiger partial charge is 0.416 e. The maximum atomic E-state index is 12.9. The van der Waals surface area contributed by atoms with Crippen LogP contribution in [0.3, 0.4) is 0 Å². The van der Waals surface area contributed by atoms with E-state index in [0.29, 0.717) is 17.9 Å². The third kappa shape index (κ3) is 9.99. The highest BCUT2D eigenvalue weighted by molar-refractivity contribution is 6.02. The first-order valence-corrected chi connectivity index (χ1v) is 9.58. The second-order valence-corrected chi connectivity index (χ2v) is 6.71. The Bertz CT molecular complexity index is 1050. The third-order valence-electron chi connectivity index (χ3n) is 3.84. The van der Waals surface area contributed by atoms with Crippen molar-refractivity contribution in [2.45, 2.75) is 19.3 Å². The standard InChI is InChI=1S/C19H16F6N2O5.C2H5NO/c1-30-12-3-4-14(15(8-12)31-2)26-17(29)27-16(28)9-32-13-6-10(18(20,21)22)5-11(7-13)19(23,24)25;1-2(3)4/h3-8H,9H2,1-2H3,(H2,26,27,28,29);1H3,(H2,3,4). The zero-order chi connectivity index (χ0) is 27.7. The van der Waals surface area contributed by atoms with Crippen LogP contribution in [0, 0.1) is 0 Å². The van der Waals surface area contributed by atoms with E-state index in [-0.39, 0.29) is 23.4 Å². The lowest BCUT2D eigenvalue weighted by molar-refractivity contribution is -0.143. The first-order valence-electron chi connectivity index (χ1n) is 9.58. The molecule has 0 saturated heterocycles. The van der Waals surface area contributed by atoms with Crippen molar-refractivity contribution in [2.24, 2.45) is 5.73 Å². The van der Waals surface area contributed by atoms with Gasteiger partial charge in [0.05, 0.1) is 31.0 Å². The number of amides is 4. The summed E-state index contributed by atoms with van der Waals surface area (Å²) in [5.74, 6) is -1.68. The van der Waals surface area contributed by atoms with Gasteiger partial charge in [-0.1, -0.05) is 0 Å². The number of nitrogens with one attached hydrogen (secondary N) is 2. The van der Waals surface area contributed by atoms with Crippen molar-refractivity contribution in [1.82, 2.24) is 5.32 Å². The van der Waals surface area contributed by atoms with Gasteiger partial charge in [0, 0.05) is 13.0 Å². The minimum absolute atomic E-state index is 0.0807. The fourth-order valence-electron chi connectivity index (χ4n) is 2.38. The van der Waals surface area contributed by atoms with Gasteiger partial charge in [0.25, 0.3) is 5.91 Å². The number of nitrogens with two attached hydrogens (primary N) is 1. The van der Waals surface area contributed by atoms with Crippen LogP contribution >= 0.6 is 0 Å². The number of benzene rings is 2. The largest absolute Gasteiger partial charge is 0.497 e. The molecule has 0 fully saturated rings. The lowest BCUT2D eigenvalue weighted by atomic mass is 10.1. The van der Waals surface area contributed by atoms with Gasteiger partial charge in [-0.15, -0.1) is 0 Å². The van der Waals surface area contributed by atoms with Crippen LogP contribution in [0.2, 0.25) is 0 Å². The molecule has 0 saturated carbocycles. The summed E-state index contributed by atoms with van der Waals surface area (Å²) in [6.45, 7) is 0.284. The molecule has 0 spiro atoms. The number of alkyl halides is 6. The number of ether oxygens (including phenoxy) is 3. The average Bonchev–Trinajstić information content (AvgIpc) is 2.76. The predicted octanol–water partition coefficient (Wildman–Crippen LogP) is 3.96. The van der Waals surface area contributed by atoms with Crippen LogP contribution in [0.4, 0.5) is 36.8 Å². The normalized spacial score (nSPS) is 10.9. The third-order valence-corrected chi connectivity index (χ3v) is 3.84. The Balaban J connectivity index is 0.00000150. The number of urea groups is 1. The van der Waals surface area contributed by atoms with Crippen molar-refractivity contribution in [2.75, 3.05) is 26.1 Å². The molecule has 4 N–H and O–H groups in total. The van der Waals surface area contributed by atoms with Gasteiger partial charge in [-0.05, 0) is 30.3 Å². The molecule has 15 heteroatoms. The number of methoxy groups -OCH3 is 2. The summed E-state index contributed by atoms with van der Waals surface area (Å²) >= 11 is 0. The summed E-state index contributed by atoms with van der Waals surface area (Å²) in [4.78, 5) is 33.0. The number of rotatable bonds is 6. The summed E-state index contributed by atoms with van der Waals surface area (Å²) in [7, 11) is 2.73. The summed E-state index contributed by atoms with van der Waals surface area (Å²) < 4.78 is 91.9. The molecule has 0 aromatic heterocycles. The Morgan fingerprint density at radius 3 is 1.83 bits per heavy atom. The van der Waals surface area contributed by atoms with E-state index >= 15 is 0 Å². The molecule has 0 heterocycles. The highest BCUT2D eigenvalue weighted by atomic mass is 19.4. The van der Waals surface area contributed by atoms with Crippen molar-refractivity contribution in [1.29, 1.82) is 0 Å². The van der Waals surface area contributed by atoms with Gasteiger partial charge in [0.1, 0.15) is 17.2 Å². The molecule has 198 valence electrons. The van der Waals surface area contributed by atoms with Crippen LogP contribution in [-0.4, -0.2) is 38.7 Å². The van der Waals surface area contributed by atoms with Gasteiger partial charge in [-0.25, -0.2) is 4.79 Å². The molecule has 2 aromatic carbocycles. The minimum atomic E-state index is -5.07. The van der Waals surface area contributed by atoms with Crippen LogP contribution < -0.4 is 30.6 Å². The fraction of sp³-hybridized carbons (Fsp3) is 0.286. The van der Waals surface area contributed by atoms with Gasteiger partial charge >= 0.3 is 18.4 Å². The molecule has 9 nitrogen and oxygen atoms in total. The first-order chi connectivity index (χ1) is 16.6. The highest BCUT2D eigenvalue weighted by Gasteiger charge is 2.37. The number of carbonyl (C=O) groups is 3. The number of carbonyl (C=O) groups excluding carboxylic acids is 3. The quantitative estimate of drug-likeness (QED) is 0.490. The maximum Gasteiger partial charge on any atom is 0.416 e. The number of hydrogen-bond acceptors (Lipinski definition) is 6. The zero-order valence-electron chi connectivity index (χ0n) is 19.0. The van der Waals surface area contributed by atoms with Crippen LogP contribution in [0.1, 0.15) is 18.1 Å².